The van der Waals surface area contributed by atoms with Crippen LogP contribution in [0.3, 0.4) is 0 Å². The molecular formula is C16H27N3O2. The lowest BCUT2D eigenvalue weighted by Gasteiger charge is -2.18. The van der Waals surface area contributed by atoms with Gasteiger partial charge in [0.15, 0.2) is 0 Å². The third-order valence-electron chi connectivity index (χ3n) is 3.17. The lowest BCUT2D eigenvalue weighted by atomic mass is 10.3. The highest BCUT2D eigenvalue weighted by molar-refractivity contribution is 5.89. The molecule has 21 heavy (non-hydrogen) atoms. The van der Waals surface area contributed by atoms with E-state index >= 15 is 0 Å². The minimum Gasteiger partial charge on any atom is -0.494 e. The largest absolute Gasteiger partial charge is 0.494 e. The van der Waals surface area contributed by atoms with Crippen LogP contribution in [0, 0.1) is 0 Å². The van der Waals surface area contributed by atoms with Crippen LogP contribution in [0.5, 0.6) is 5.75 Å². The molecule has 0 fully saturated rings. The van der Waals surface area contributed by atoms with Crippen molar-refractivity contribution < 1.29 is 9.53 Å². The van der Waals surface area contributed by atoms with Crippen LogP contribution < -0.4 is 15.4 Å². The third kappa shape index (κ3) is 6.99. The normalized spacial score (nSPS) is 10.5. The molecule has 0 saturated heterocycles. The Balaban J connectivity index is 2.36. The summed E-state index contributed by atoms with van der Waals surface area (Å²) in [5, 5.41) is 5.68. The van der Waals surface area contributed by atoms with E-state index in [0.29, 0.717) is 13.2 Å². The Labute approximate surface area is 127 Å². The number of urea groups is 1. The molecule has 0 aliphatic rings. The summed E-state index contributed by atoms with van der Waals surface area (Å²) in [6.07, 6.45) is 0.962. The van der Waals surface area contributed by atoms with Gasteiger partial charge in [-0.25, -0.2) is 4.79 Å². The van der Waals surface area contributed by atoms with Gasteiger partial charge in [0.1, 0.15) is 5.75 Å². The van der Waals surface area contributed by atoms with Crippen LogP contribution in [-0.4, -0.2) is 43.7 Å². The average molecular weight is 293 g/mol. The average Bonchev–Trinajstić information content (AvgIpc) is 2.50. The molecule has 0 aliphatic carbocycles. The number of rotatable bonds is 9. The number of amides is 2. The van der Waals surface area contributed by atoms with Gasteiger partial charge in [-0.2, -0.15) is 0 Å². The molecule has 0 spiro atoms. The van der Waals surface area contributed by atoms with E-state index in [1.807, 2.05) is 24.3 Å². The Morgan fingerprint density at radius 2 is 2.00 bits per heavy atom. The van der Waals surface area contributed by atoms with Gasteiger partial charge >= 0.3 is 6.03 Å². The number of nitrogens with one attached hydrogen (secondary N) is 2. The van der Waals surface area contributed by atoms with Crippen molar-refractivity contribution in [1.29, 1.82) is 0 Å². The van der Waals surface area contributed by atoms with Gasteiger partial charge < -0.3 is 20.3 Å². The third-order valence-corrected chi connectivity index (χ3v) is 3.17. The highest BCUT2D eigenvalue weighted by atomic mass is 16.5. The molecule has 0 aliphatic heterocycles. The number of ether oxygens (including phenoxy) is 1. The topological polar surface area (TPSA) is 53.6 Å². The number of likely N-dealkylation sites (N-methyl/N-ethyl adjacent to an activating group) is 1. The molecule has 0 radical (unpaired) electrons. The minimum absolute atomic E-state index is 0.185. The van der Waals surface area contributed by atoms with E-state index in [0.717, 1.165) is 37.5 Å². The first-order valence-corrected chi connectivity index (χ1v) is 7.69. The van der Waals surface area contributed by atoms with E-state index in [-0.39, 0.29) is 6.03 Å². The predicted octanol–water partition coefficient (Wildman–Crippen LogP) is 2.94. The van der Waals surface area contributed by atoms with E-state index in [9.17, 15) is 4.79 Å². The van der Waals surface area contributed by atoms with Crippen molar-refractivity contribution in [2.45, 2.75) is 27.2 Å². The van der Waals surface area contributed by atoms with Crippen molar-refractivity contribution in [1.82, 2.24) is 10.2 Å². The maximum atomic E-state index is 11.8. The fourth-order valence-corrected chi connectivity index (χ4v) is 1.93. The van der Waals surface area contributed by atoms with Crippen molar-refractivity contribution in [3.05, 3.63) is 24.3 Å². The Hall–Kier alpha value is -1.75. The van der Waals surface area contributed by atoms with Gasteiger partial charge in [-0.3, -0.25) is 0 Å². The van der Waals surface area contributed by atoms with Crippen LogP contribution in [0.15, 0.2) is 24.3 Å². The standard InChI is InChI=1S/C16H27N3O2/c1-4-12-21-15-9-7-8-14(13-15)18-16(20)17-10-11-19(5-2)6-3/h7-9,13H,4-6,10-12H2,1-3H3,(H2,17,18,20). The molecule has 0 aromatic heterocycles. The van der Waals surface area contributed by atoms with Crippen LogP contribution in [0.2, 0.25) is 0 Å². The van der Waals surface area contributed by atoms with Crippen molar-refractivity contribution in [3.63, 3.8) is 0 Å². The van der Waals surface area contributed by atoms with E-state index in [1.54, 1.807) is 0 Å². The number of nitrogens with zero attached hydrogens (tertiary/aromatic N) is 1. The van der Waals surface area contributed by atoms with Gasteiger partial charge in [0, 0.05) is 24.8 Å². The van der Waals surface area contributed by atoms with E-state index in [1.165, 1.54) is 0 Å². The molecule has 1 aromatic rings. The summed E-state index contributed by atoms with van der Waals surface area (Å²) in [4.78, 5) is 14.1. The molecule has 1 rings (SSSR count). The minimum atomic E-state index is -0.185. The summed E-state index contributed by atoms with van der Waals surface area (Å²) in [6.45, 7) is 10.5. The highest BCUT2D eigenvalue weighted by Crippen LogP contribution is 2.17. The second-order valence-electron chi connectivity index (χ2n) is 4.78. The summed E-state index contributed by atoms with van der Waals surface area (Å²) in [6, 6.07) is 7.26. The molecule has 0 unspecified atom stereocenters. The molecule has 0 atom stereocenters. The Morgan fingerprint density at radius 3 is 2.67 bits per heavy atom. The monoisotopic (exact) mass is 293 g/mol. The molecule has 118 valence electrons. The van der Waals surface area contributed by atoms with Gasteiger partial charge in [-0.1, -0.05) is 26.8 Å². The van der Waals surface area contributed by atoms with Crippen molar-refractivity contribution in [2.75, 3.05) is 38.1 Å². The lowest BCUT2D eigenvalue weighted by Crippen LogP contribution is -2.36. The summed E-state index contributed by atoms with van der Waals surface area (Å²) in [7, 11) is 0. The van der Waals surface area contributed by atoms with Gasteiger partial charge in [0.2, 0.25) is 0 Å². The van der Waals surface area contributed by atoms with E-state index in [2.05, 4.69) is 36.3 Å². The molecule has 1 aromatic carbocycles. The predicted molar refractivity (Wildman–Crippen MR) is 87.0 cm³/mol. The van der Waals surface area contributed by atoms with Crippen molar-refractivity contribution in [3.8, 4) is 5.75 Å². The van der Waals surface area contributed by atoms with E-state index in [4.69, 9.17) is 4.74 Å². The molecule has 0 bridgehead atoms. The molecule has 2 amide bonds. The number of benzene rings is 1. The Morgan fingerprint density at radius 1 is 1.24 bits per heavy atom. The van der Waals surface area contributed by atoms with Gasteiger partial charge in [0.25, 0.3) is 0 Å². The summed E-state index contributed by atoms with van der Waals surface area (Å²) >= 11 is 0. The number of carbonyl (C=O) groups excluding carboxylic acids is 1. The zero-order valence-electron chi connectivity index (χ0n) is 13.3. The highest BCUT2D eigenvalue weighted by Gasteiger charge is 2.04. The fraction of sp³-hybridized carbons (Fsp3) is 0.562. The number of hydrogen-bond acceptors (Lipinski definition) is 3. The second-order valence-corrected chi connectivity index (χ2v) is 4.78. The van der Waals surface area contributed by atoms with E-state index < -0.39 is 0 Å². The molecule has 5 heteroatoms. The molecular weight excluding hydrogens is 266 g/mol. The van der Waals surface area contributed by atoms with Crippen LogP contribution >= 0.6 is 0 Å². The number of carbonyl (C=O) groups is 1. The first-order valence-electron chi connectivity index (χ1n) is 7.69. The fourth-order valence-electron chi connectivity index (χ4n) is 1.93. The summed E-state index contributed by atoms with van der Waals surface area (Å²) in [5.41, 5.74) is 0.740. The Kier molecular flexibility index (Phi) is 8.28. The summed E-state index contributed by atoms with van der Waals surface area (Å²) in [5.74, 6) is 0.776. The summed E-state index contributed by atoms with van der Waals surface area (Å²) < 4.78 is 5.54. The number of hydrogen-bond donors (Lipinski definition) is 2. The maximum Gasteiger partial charge on any atom is 0.319 e. The zero-order chi connectivity index (χ0) is 15.5. The van der Waals surface area contributed by atoms with Gasteiger partial charge in [0.05, 0.1) is 6.61 Å². The van der Waals surface area contributed by atoms with Crippen LogP contribution in [-0.2, 0) is 0 Å². The first kappa shape index (κ1) is 17.3. The van der Waals surface area contributed by atoms with Gasteiger partial charge in [-0.15, -0.1) is 0 Å². The maximum absolute atomic E-state index is 11.8. The van der Waals surface area contributed by atoms with Gasteiger partial charge in [-0.05, 0) is 31.6 Å². The van der Waals surface area contributed by atoms with Crippen LogP contribution in [0.4, 0.5) is 10.5 Å². The van der Waals surface area contributed by atoms with Crippen LogP contribution in [0.25, 0.3) is 0 Å². The first-order chi connectivity index (χ1) is 10.2. The smallest absolute Gasteiger partial charge is 0.319 e. The Bertz CT molecular complexity index is 420. The molecule has 0 saturated carbocycles. The zero-order valence-corrected chi connectivity index (χ0v) is 13.3. The van der Waals surface area contributed by atoms with Crippen molar-refractivity contribution >= 4 is 11.7 Å². The molecule has 2 N–H and O–H groups in total. The second kappa shape index (κ2) is 10.0. The number of anilines is 1. The molecule has 0 heterocycles. The quantitative estimate of drug-likeness (QED) is 0.736. The molecule has 5 nitrogen and oxygen atoms in total. The lowest BCUT2D eigenvalue weighted by molar-refractivity contribution is 0.248. The van der Waals surface area contributed by atoms with Crippen LogP contribution in [0.1, 0.15) is 27.2 Å². The van der Waals surface area contributed by atoms with Crippen molar-refractivity contribution in [2.24, 2.45) is 0 Å². The SMILES string of the molecule is CCCOc1cccc(NC(=O)NCCN(CC)CC)c1.